The lowest BCUT2D eigenvalue weighted by atomic mass is 10.2. The third-order valence-corrected chi connectivity index (χ3v) is 2.88. The summed E-state index contributed by atoms with van der Waals surface area (Å²) < 4.78 is 5.45. The molecule has 0 aliphatic heterocycles. The predicted octanol–water partition coefficient (Wildman–Crippen LogP) is 2.47. The van der Waals surface area contributed by atoms with Gasteiger partial charge in [-0.05, 0) is 31.5 Å². The molecule has 104 valence electrons. The van der Waals surface area contributed by atoms with E-state index in [-0.39, 0.29) is 6.61 Å². The average Bonchev–Trinajstić information content (AvgIpc) is 2.42. The number of unbranched alkanes of at least 4 members (excludes halogenated alkanes) is 2. The molecule has 0 spiro atoms. The summed E-state index contributed by atoms with van der Waals surface area (Å²) in [6.45, 7) is 1.58. The number of ether oxygens (including phenoxy) is 1. The fourth-order valence-electron chi connectivity index (χ4n) is 1.55. The standard InChI is InChI=1S/C15H20ClNO2/c1-2-3-4-7-10-17-11-13(18)12-19-15-9-6-5-8-14(15)16/h1,5-6,8-9,13,17-18H,3-4,7,10-12H2. The van der Waals surface area contributed by atoms with E-state index in [1.807, 2.05) is 12.1 Å². The van der Waals surface area contributed by atoms with E-state index >= 15 is 0 Å². The summed E-state index contributed by atoms with van der Waals surface area (Å²) >= 11 is 5.94. The van der Waals surface area contributed by atoms with Gasteiger partial charge in [0.05, 0.1) is 5.02 Å². The molecular formula is C15H20ClNO2. The van der Waals surface area contributed by atoms with Crippen molar-refractivity contribution in [3.05, 3.63) is 29.3 Å². The van der Waals surface area contributed by atoms with Crippen LogP contribution in [0.5, 0.6) is 5.75 Å². The van der Waals surface area contributed by atoms with Crippen LogP contribution in [0.2, 0.25) is 5.02 Å². The zero-order chi connectivity index (χ0) is 13.9. The number of benzene rings is 1. The van der Waals surface area contributed by atoms with Crippen LogP contribution in [0.3, 0.4) is 0 Å². The monoisotopic (exact) mass is 281 g/mol. The first kappa shape index (κ1) is 15.8. The van der Waals surface area contributed by atoms with Crippen LogP contribution in [0, 0.1) is 12.3 Å². The molecule has 1 aromatic carbocycles. The molecule has 0 heterocycles. The molecule has 1 aromatic rings. The predicted molar refractivity (Wildman–Crippen MR) is 78.5 cm³/mol. The number of hydrogen-bond acceptors (Lipinski definition) is 3. The van der Waals surface area contributed by atoms with Gasteiger partial charge in [0.15, 0.2) is 0 Å². The Morgan fingerprint density at radius 2 is 2.16 bits per heavy atom. The Hall–Kier alpha value is -1.21. The van der Waals surface area contributed by atoms with Gasteiger partial charge in [-0.25, -0.2) is 0 Å². The highest BCUT2D eigenvalue weighted by Crippen LogP contribution is 2.22. The third-order valence-electron chi connectivity index (χ3n) is 2.57. The highest BCUT2D eigenvalue weighted by atomic mass is 35.5. The smallest absolute Gasteiger partial charge is 0.138 e. The summed E-state index contributed by atoms with van der Waals surface area (Å²) in [5.74, 6) is 3.20. The molecule has 2 N–H and O–H groups in total. The molecule has 3 nitrogen and oxygen atoms in total. The summed E-state index contributed by atoms with van der Waals surface area (Å²) in [7, 11) is 0. The van der Waals surface area contributed by atoms with Gasteiger partial charge in [0.1, 0.15) is 18.5 Å². The van der Waals surface area contributed by atoms with Gasteiger partial charge in [0.2, 0.25) is 0 Å². The lowest BCUT2D eigenvalue weighted by molar-refractivity contribution is 0.106. The van der Waals surface area contributed by atoms with Gasteiger partial charge < -0.3 is 15.2 Å². The van der Waals surface area contributed by atoms with E-state index in [9.17, 15) is 5.11 Å². The van der Waals surface area contributed by atoms with Crippen LogP contribution in [-0.2, 0) is 0 Å². The molecule has 1 unspecified atom stereocenters. The molecule has 0 saturated heterocycles. The van der Waals surface area contributed by atoms with Crippen molar-refractivity contribution in [3.8, 4) is 18.1 Å². The Morgan fingerprint density at radius 1 is 1.37 bits per heavy atom. The number of nitrogens with one attached hydrogen (secondary N) is 1. The van der Waals surface area contributed by atoms with Crippen LogP contribution in [0.1, 0.15) is 19.3 Å². The first-order valence-electron chi connectivity index (χ1n) is 6.43. The van der Waals surface area contributed by atoms with Crippen LogP contribution in [0.4, 0.5) is 0 Å². The third kappa shape index (κ3) is 7.07. The highest BCUT2D eigenvalue weighted by Gasteiger charge is 2.06. The van der Waals surface area contributed by atoms with Gasteiger partial charge in [-0.1, -0.05) is 23.7 Å². The minimum absolute atomic E-state index is 0.223. The summed E-state index contributed by atoms with van der Waals surface area (Å²) in [6, 6.07) is 7.22. The summed E-state index contributed by atoms with van der Waals surface area (Å²) in [5.41, 5.74) is 0. The molecule has 0 saturated carbocycles. The number of para-hydroxylation sites is 1. The lowest BCUT2D eigenvalue weighted by Crippen LogP contribution is -2.32. The van der Waals surface area contributed by atoms with Crippen molar-refractivity contribution in [2.45, 2.75) is 25.4 Å². The average molecular weight is 282 g/mol. The molecule has 0 fully saturated rings. The number of rotatable bonds is 9. The van der Waals surface area contributed by atoms with Crippen LogP contribution in [0.25, 0.3) is 0 Å². The number of aliphatic hydroxyl groups excluding tert-OH is 1. The number of hydrogen-bond donors (Lipinski definition) is 2. The SMILES string of the molecule is C#CCCCCNCC(O)COc1ccccc1Cl. The zero-order valence-corrected chi connectivity index (χ0v) is 11.7. The van der Waals surface area contributed by atoms with Gasteiger partial charge in [0.25, 0.3) is 0 Å². The lowest BCUT2D eigenvalue weighted by Gasteiger charge is -2.13. The number of aliphatic hydroxyl groups is 1. The molecule has 0 aliphatic carbocycles. The first-order chi connectivity index (χ1) is 9.24. The van der Waals surface area contributed by atoms with Crippen molar-refractivity contribution < 1.29 is 9.84 Å². The Balaban J connectivity index is 2.10. The van der Waals surface area contributed by atoms with E-state index in [2.05, 4.69) is 11.2 Å². The minimum atomic E-state index is -0.552. The van der Waals surface area contributed by atoms with Crippen LogP contribution < -0.4 is 10.1 Å². The molecule has 0 radical (unpaired) electrons. The van der Waals surface area contributed by atoms with Crippen molar-refractivity contribution in [1.82, 2.24) is 5.32 Å². The summed E-state index contributed by atoms with van der Waals surface area (Å²) in [4.78, 5) is 0. The number of terminal acetylenes is 1. The Morgan fingerprint density at radius 3 is 2.89 bits per heavy atom. The van der Waals surface area contributed by atoms with E-state index in [1.54, 1.807) is 12.1 Å². The molecule has 0 aliphatic rings. The van der Waals surface area contributed by atoms with Crippen molar-refractivity contribution in [3.63, 3.8) is 0 Å². The second kappa shape index (κ2) is 9.69. The zero-order valence-electron chi connectivity index (χ0n) is 10.9. The fourth-order valence-corrected chi connectivity index (χ4v) is 1.74. The van der Waals surface area contributed by atoms with E-state index in [1.165, 1.54) is 0 Å². The van der Waals surface area contributed by atoms with Crippen molar-refractivity contribution in [1.29, 1.82) is 0 Å². The van der Waals surface area contributed by atoms with E-state index < -0.39 is 6.10 Å². The summed E-state index contributed by atoms with van der Waals surface area (Å²) in [5, 5.41) is 13.5. The topological polar surface area (TPSA) is 41.5 Å². The Labute approximate surface area is 119 Å². The van der Waals surface area contributed by atoms with Crippen LogP contribution >= 0.6 is 11.6 Å². The van der Waals surface area contributed by atoms with Gasteiger partial charge in [0, 0.05) is 13.0 Å². The largest absolute Gasteiger partial charge is 0.489 e. The van der Waals surface area contributed by atoms with Crippen molar-refractivity contribution in [2.75, 3.05) is 19.7 Å². The number of halogens is 1. The molecule has 0 amide bonds. The van der Waals surface area contributed by atoms with E-state index in [0.717, 1.165) is 25.8 Å². The Kier molecular flexibility index (Phi) is 8.08. The van der Waals surface area contributed by atoms with Gasteiger partial charge in [-0.2, -0.15) is 0 Å². The second-order valence-corrected chi connectivity index (χ2v) is 4.67. The molecule has 1 atom stereocenters. The Bertz CT molecular complexity index is 403. The van der Waals surface area contributed by atoms with Gasteiger partial charge >= 0.3 is 0 Å². The highest BCUT2D eigenvalue weighted by molar-refractivity contribution is 6.32. The molecule has 0 bridgehead atoms. The minimum Gasteiger partial charge on any atom is -0.489 e. The van der Waals surface area contributed by atoms with Crippen molar-refractivity contribution in [2.24, 2.45) is 0 Å². The fraction of sp³-hybridized carbons (Fsp3) is 0.467. The molecule has 0 aromatic heterocycles. The molecular weight excluding hydrogens is 262 g/mol. The van der Waals surface area contributed by atoms with E-state index in [0.29, 0.717) is 17.3 Å². The maximum atomic E-state index is 9.74. The molecule has 1 rings (SSSR count). The molecule has 19 heavy (non-hydrogen) atoms. The maximum absolute atomic E-state index is 9.74. The summed E-state index contributed by atoms with van der Waals surface area (Å²) in [6.07, 6.45) is 7.44. The first-order valence-corrected chi connectivity index (χ1v) is 6.81. The normalized spacial score (nSPS) is 11.8. The van der Waals surface area contributed by atoms with Crippen LogP contribution in [-0.4, -0.2) is 30.9 Å². The van der Waals surface area contributed by atoms with Gasteiger partial charge in [-0.15, -0.1) is 12.3 Å². The van der Waals surface area contributed by atoms with Crippen LogP contribution in [0.15, 0.2) is 24.3 Å². The quantitative estimate of drug-likeness (QED) is 0.540. The maximum Gasteiger partial charge on any atom is 0.138 e. The van der Waals surface area contributed by atoms with Crippen molar-refractivity contribution >= 4 is 11.6 Å². The second-order valence-electron chi connectivity index (χ2n) is 4.26. The molecule has 4 heteroatoms. The van der Waals surface area contributed by atoms with E-state index in [4.69, 9.17) is 22.8 Å². The van der Waals surface area contributed by atoms with Gasteiger partial charge in [-0.3, -0.25) is 0 Å².